The topological polar surface area (TPSA) is 103 Å². The summed E-state index contributed by atoms with van der Waals surface area (Å²) in [6, 6.07) is 7.00. The van der Waals surface area contributed by atoms with Gasteiger partial charge in [-0.1, -0.05) is 0 Å². The maximum absolute atomic E-state index is 13.7. The van der Waals surface area contributed by atoms with Gasteiger partial charge in [-0.05, 0) is 63.2 Å². The highest BCUT2D eigenvalue weighted by molar-refractivity contribution is 7.92. The third kappa shape index (κ3) is 5.65. The van der Waals surface area contributed by atoms with Crippen molar-refractivity contribution in [3.63, 3.8) is 0 Å². The van der Waals surface area contributed by atoms with Gasteiger partial charge in [-0.15, -0.1) is 0 Å². The predicted molar refractivity (Wildman–Crippen MR) is 150 cm³/mol. The number of piperazine rings is 1. The van der Waals surface area contributed by atoms with Crippen molar-refractivity contribution in [2.75, 3.05) is 49.1 Å². The minimum atomic E-state index is -4.91. The zero-order chi connectivity index (χ0) is 29.9. The first kappa shape index (κ1) is 28.9. The van der Waals surface area contributed by atoms with E-state index in [2.05, 4.69) is 23.8 Å². The van der Waals surface area contributed by atoms with Crippen molar-refractivity contribution in [1.82, 2.24) is 9.80 Å². The molecule has 0 saturated carbocycles. The van der Waals surface area contributed by atoms with Crippen molar-refractivity contribution < 1.29 is 30.8 Å². The van der Waals surface area contributed by atoms with Gasteiger partial charge in [0.05, 0.1) is 29.6 Å². The number of carbonyl (C=O) groups excluding carboxylic acids is 1. The summed E-state index contributed by atoms with van der Waals surface area (Å²) < 4.78 is 71.8. The Morgan fingerprint density at radius 1 is 1.10 bits per heavy atom. The molecule has 2 aliphatic heterocycles. The maximum atomic E-state index is 13.7. The fourth-order valence-corrected chi connectivity index (χ4v) is 6.20. The zero-order valence-electron chi connectivity index (χ0n) is 23.1. The van der Waals surface area contributed by atoms with Crippen LogP contribution in [-0.4, -0.2) is 69.6 Å². The summed E-state index contributed by atoms with van der Waals surface area (Å²) in [6.45, 7) is 6.76. The van der Waals surface area contributed by atoms with Crippen LogP contribution in [0.1, 0.15) is 39.5 Å². The maximum Gasteiger partial charge on any atom is 0.418 e. The van der Waals surface area contributed by atoms with Crippen LogP contribution in [0.3, 0.4) is 0 Å². The van der Waals surface area contributed by atoms with Gasteiger partial charge in [-0.3, -0.25) is 9.52 Å². The van der Waals surface area contributed by atoms with Crippen LogP contribution < -0.4 is 15.2 Å². The molecule has 1 atom stereocenters. The van der Waals surface area contributed by atoms with E-state index in [9.17, 15) is 31.2 Å². The van der Waals surface area contributed by atoms with Gasteiger partial charge in [0.25, 0.3) is 5.91 Å². The summed E-state index contributed by atoms with van der Waals surface area (Å²) in [7, 11) is -1.89. The lowest BCUT2D eigenvalue weighted by molar-refractivity contribution is -0.136. The molecule has 0 spiro atoms. The Balaban J connectivity index is 1.45. The predicted octanol–water partition coefficient (Wildman–Crippen LogP) is 3.83. The first-order valence-electron chi connectivity index (χ1n) is 13.2. The summed E-state index contributed by atoms with van der Waals surface area (Å²) in [6.07, 6.45) is -3.84. The smallest absolute Gasteiger partial charge is 0.418 e. The number of nitrogens with zero attached hydrogens (tertiary/aromatic N) is 3. The summed E-state index contributed by atoms with van der Waals surface area (Å²) in [5, 5.41) is 0.783. The van der Waals surface area contributed by atoms with E-state index in [0.29, 0.717) is 29.7 Å². The molecule has 0 radical (unpaired) electrons. The zero-order valence-corrected chi connectivity index (χ0v) is 23.9. The number of halogens is 3. The molecule has 41 heavy (non-hydrogen) atoms. The fraction of sp³-hybridized carbons (Fsp3) is 0.429. The molecule has 220 valence electrons. The van der Waals surface area contributed by atoms with Crippen LogP contribution in [0.4, 0.5) is 24.5 Å². The highest BCUT2D eigenvalue weighted by Crippen LogP contribution is 2.37. The van der Waals surface area contributed by atoms with E-state index in [1.165, 1.54) is 4.90 Å². The molecular weight excluding hydrogens is 561 g/mol. The molecule has 2 aliphatic rings. The highest BCUT2D eigenvalue weighted by Gasteiger charge is 2.36. The monoisotopic (exact) mass is 592 g/mol. The number of hydrogen-bond acceptors (Lipinski definition) is 7. The minimum Gasteiger partial charge on any atom is -0.422 e. The second-order valence-corrected chi connectivity index (χ2v) is 12.6. The van der Waals surface area contributed by atoms with Gasteiger partial charge in [0.2, 0.25) is 10.0 Å². The van der Waals surface area contributed by atoms with Crippen LogP contribution in [0.15, 0.2) is 39.5 Å². The van der Waals surface area contributed by atoms with Crippen molar-refractivity contribution in [3.8, 4) is 0 Å². The van der Waals surface area contributed by atoms with Crippen LogP contribution in [0.25, 0.3) is 11.0 Å². The summed E-state index contributed by atoms with van der Waals surface area (Å²) in [4.78, 5) is 32.3. The molecule has 1 saturated heterocycles. The minimum absolute atomic E-state index is 0.117. The molecule has 1 fully saturated rings. The molecule has 1 aromatic heterocycles. The molecule has 3 aromatic rings. The SMILES string of the molecule is Cc1c(N2CCN(C)C(C)C2)ccc2c3c(c(=O)oc12)CN(C(=O)c1ccc(NS(C)(=O)=O)c(C(F)(F)F)c1)CC3. The third-order valence-corrected chi connectivity index (χ3v) is 8.53. The Hall–Kier alpha value is -3.58. The van der Waals surface area contributed by atoms with E-state index < -0.39 is 39.0 Å². The number of alkyl halides is 3. The van der Waals surface area contributed by atoms with E-state index in [1.54, 1.807) is 0 Å². The average Bonchev–Trinajstić information content (AvgIpc) is 2.89. The van der Waals surface area contributed by atoms with Gasteiger partial charge < -0.3 is 19.1 Å². The molecule has 1 N–H and O–H groups in total. The molecule has 5 rings (SSSR count). The first-order chi connectivity index (χ1) is 19.1. The van der Waals surface area contributed by atoms with Gasteiger partial charge >= 0.3 is 11.8 Å². The number of fused-ring (bicyclic) bond motifs is 3. The van der Waals surface area contributed by atoms with Gasteiger partial charge in [0, 0.05) is 54.4 Å². The quantitative estimate of drug-likeness (QED) is 0.460. The fourth-order valence-electron chi connectivity index (χ4n) is 5.62. The van der Waals surface area contributed by atoms with Crippen LogP contribution in [0.5, 0.6) is 0 Å². The lowest BCUT2D eigenvalue weighted by atomic mass is 9.95. The van der Waals surface area contributed by atoms with Crippen molar-refractivity contribution in [3.05, 3.63) is 68.6 Å². The van der Waals surface area contributed by atoms with Gasteiger partial charge in [0.15, 0.2) is 0 Å². The number of anilines is 2. The van der Waals surface area contributed by atoms with Crippen molar-refractivity contribution in [2.24, 2.45) is 0 Å². The van der Waals surface area contributed by atoms with Crippen LogP contribution >= 0.6 is 0 Å². The van der Waals surface area contributed by atoms with E-state index in [-0.39, 0.29) is 18.7 Å². The number of nitrogens with one attached hydrogen (secondary N) is 1. The van der Waals surface area contributed by atoms with Crippen LogP contribution in [0, 0.1) is 6.92 Å². The van der Waals surface area contributed by atoms with E-state index in [4.69, 9.17) is 4.42 Å². The normalized spacial score (nSPS) is 18.5. The number of sulfonamides is 1. The molecule has 0 aliphatic carbocycles. The molecule has 0 bridgehead atoms. The van der Waals surface area contributed by atoms with Crippen LogP contribution in [0.2, 0.25) is 0 Å². The number of likely N-dealkylation sites (N-methyl/N-ethyl adjacent to an activating group) is 1. The third-order valence-electron chi connectivity index (χ3n) is 7.94. The van der Waals surface area contributed by atoms with Crippen molar-refractivity contribution in [2.45, 2.75) is 39.0 Å². The molecule has 9 nitrogen and oxygen atoms in total. The van der Waals surface area contributed by atoms with Gasteiger partial charge in [-0.25, -0.2) is 13.2 Å². The number of hydrogen-bond donors (Lipinski definition) is 1. The lowest BCUT2D eigenvalue weighted by Gasteiger charge is -2.39. The summed E-state index contributed by atoms with van der Waals surface area (Å²) >= 11 is 0. The number of amides is 1. The molecule has 3 heterocycles. The summed E-state index contributed by atoms with van der Waals surface area (Å²) in [5.41, 5.74) is 0.622. The molecular formula is C28H31F3N4O5S. The Bertz CT molecular complexity index is 1700. The van der Waals surface area contributed by atoms with E-state index >= 15 is 0 Å². The standard InChI is InChI=1S/C28H31F3N4O5S/c1-16-14-34(12-11-33(16)3)24-8-6-20-19-9-10-35(15-21(19)27(37)40-25(20)17(24)2)26(36)18-5-7-23(32-41(4,38)39)22(13-18)28(29,30)31/h5-8,13,16,32H,9-12,14-15H2,1-4H3. The second kappa shape index (κ2) is 10.4. The Morgan fingerprint density at radius 2 is 1.83 bits per heavy atom. The number of carbonyl (C=O) groups is 1. The van der Waals surface area contributed by atoms with E-state index in [0.717, 1.165) is 60.2 Å². The number of rotatable bonds is 4. The molecule has 13 heteroatoms. The highest BCUT2D eigenvalue weighted by atomic mass is 32.2. The first-order valence-corrected chi connectivity index (χ1v) is 15.0. The Morgan fingerprint density at radius 3 is 2.49 bits per heavy atom. The van der Waals surface area contributed by atoms with Gasteiger partial charge in [-0.2, -0.15) is 13.2 Å². The Labute approximate surface area is 235 Å². The largest absolute Gasteiger partial charge is 0.422 e. The van der Waals surface area contributed by atoms with Crippen LogP contribution in [-0.2, 0) is 29.2 Å². The lowest BCUT2D eigenvalue weighted by Crippen LogP contribution is -2.50. The van der Waals surface area contributed by atoms with Gasteiger partial charge in [0.1, 0.15) is 5.58 Å². The van der Waals surface area contributed by atoms with Crippen molar-refractivity contribution >= 4 is 38.3 Å². The molecule has 2 aromatic carbocycles. The van der Waals surface area contributed by atoms with E-state index in [1.807, 2.05) is 23.8 Å². The Kier molecular flexibility index (Phi) is 7.31. The average molecular weight is 593 g/mol. The number of aryl methyl sites for hydroxylation is 1. The second-order valence-electron chi connectivity index (χ2n) is 10.8. The van der Waals surface area contributed by atoms with Crippen molar-refractivity contribution in [1.29, 1.82) is 0 Å². The molecule has 1 amide bonds. The summed E-state index contributed by atoms with van der Waals surface area (Å²) in [5.74, 6) is -0.706. The number of benzene rings is 2. The molecule has 1 unspecified atom stereocenters.